The largest absolute Gasteiger partial charge is 0.378 e. The van der Waals surface area contributed by atoms with E-state index in [1.165, 1.54) is 5.56 Å². The minimum Gasteiger partial charge on any atom is -0.378 e. The van der Waals surface area contributed by atoms with Crippen LogP contribution in [0, 0.1) is 20.8 Å². The van der Waals surface area contributed by atoms with Crippen LogP contribution < -0.4 is 5.73 Å². The Balaban J connectivity index is 0.00000280. The van der Waals surface area contributed by atoms with Crippen LogP contribution in [0.15, 0.2) is 30.3 Å². The van der Waals surface area contributed by atoms with Crippen LogP contribution in [0.5, 0.6) is 0 Å². The Kier molecular flexibility index (Phi) is 8.10. The zero-order valence-corrected chi connectivity index (χ0v) is 17.9. The van der Waals surface area contributed by atoms with E-state index in [2.05, 4.69) is 42.7 Å². The molecule has 1 fully saturated rings. The number of likely N-dealkylation sites (tertiary alicyclic amines) is 1. The Hall–Kier alpha value is -1.82. The van der Waals surface area contributed by atoms with Crippen molar-refractivity contribution in [1.29, 1.82) is 0 Å². The molecular weight excluding hydrogens is 374 g/mol. The Bertz CT molecular complexity index is 795. The average molecular weight is 406 g/mol. The number of nitrogens with two attached hydrogens (primary N) is 1. The molecule has 3 rings (SSSR count). The smallest absolute Gasteiger partial charge is 0.255 e. The molecule has 0 aliphatic carbocycles. The number of rotatable bonds is 6. The molecule has 28 heavy (non-hydrogen) atoms. The fourth-order valence-electron chi connectivity index (χ4n) is 3.87. The van der Waals surface area contributed by atoms with Gasteiger partial charge in [-0.05, 0) is 70.3 Å². The highest BCUT2D eigenvalue weighted by atomic mass is 35.5. The third kappa shape index (κ3) is 4.96. The topological polar surface area (TPSA) is 60.5 Å². The zero-order valence-electron chi connectivity index (χ0n) is 17.1. The highest BCUT2D eigenvalue weighted by Gasteiger charge is 2.26. The van der Waals surface area contributed by atoms with E-state index in [0.29, 0.717) is 13.2 Å². The second-order valence-electron chi connectivity index (χ2n) is 7.46. The highest BCUT2D eigenvalue weighted by molar-refractivity contribution is 5.96. The molecule has 1 aromatic carbocycles. The fraction of sp³-hybridized carbons (Fsp3) is 0.500. The minimum atomic E-state index is 0. The van der Waals surface area contributed by atoms with Crippen molar-refractivity contribution in [3.63, 3.8) is 0 Å². The van der Waals surface area contributed by atoms with Gasteiger partial charge in [0.15, 0.2) is 0 Å². The van der Waals surface area contributed by atoms with Crippen molar-refractivity contribution in [3.8, 4) is 5.69 Å². The van der Waals surface area contributed by atoms with Crippen molar-refractivity contribution < 1.29 is 9.53 Å². The van der Waals surface area contributed by atoms with Crippen LogP contribution in [0.2, 0.25) is 0 Å². The summed E-state index contributed by atoms with van der Waals surface area (Å²) in [6.07, 6.45) is 2.93. The summed E-state index contributed by atoms with van der Waals surface area (Å²) in [5.74, 6) is 0.127. The molecule has 1 aliphatic rings. The van der Waals surface area contributed by atoms with Gasteiger partial charge in [-0.3, -0.25) is 4.79 Å². The highest BCUT2D eigenvalue weighted by Crippen LogP contribution is 2.24. The standard InChI is InChI=1S/C22H31N3O2.ClH/c1-16-6-4-7-19(14-16)25-17(2)15-21(18(25)3)22(26)24-11-8-20(9-12-24)27-13-5-10-23;/h4,6-7,14-15,20H,5,8-13,23H2,1-3H3;1H. The Morgan fingerprint density at radius 3 is 2.54 bits per heavy atom. The summed E-state index contributed by atoms with van der Waals surface area (Å²) in [4.78, 5) is 15.1. The first kappa shape index (κ1) is 22.5. The van der Waals surface area contributed by atoms with Gasteiger partial charge in [0, 0.05) is 36.8 Å². The van der Waals surface area contributed by atoms with Crippen molar-refractivity contribution in [1.82, 2.24) is 9.47 Å². The summed E-state index contributed by atoms with van der Waals surface area (Å²) in [6, 6.07) is 10.4. The first-order valence-corrected chi connectivity index (χ1v) is 9.88. The first-order valence-electron chi connectivity index (χ1n) is 9.88. The maximum Gasteiger partial charge on any atom is 0.255 e. The molecule has 2 heterocycles. The van der Waals surface area contributed by atoms with Crippen LogP contribution in [-0.4, -0.2) is 47.7 Å². The van der Waals surface area contributed by atoms with Gasteiger partial charge in [0.1, 0.15) is 0 Å². The number of amides is 1. The lowest BCUT2D eigenvalue weighted by Gasteiger charge is -2.32. The van der Waals surface area contributed by atoms with Crippen LogP contribution >= 0.6 is 12.4 Å². The van der Waals surface area contributed by atoms with Crippen LogP contribution in [0.4, 0.5) is 0 Å². The molecule has 0 unspecified atom stereocenters. The van der Waals surface area contributed by atoms with Gasteiger partial charge in [0.25, 0.3) is 5.91 Å². The molecule has 1 amide bonds. The van der Waals surface area contributed by atoms with E-state index in [-0.39, 0.29) is 24.4 Å². The summed E-state index contributed by atoms with van der Waals surface area (Å²) < 4.78 is 8.02. The van der Waals surface area contributed by atoms with Crippen LogP contribution in [0.3, 0.4) is 0 Å². The molecule has 0 saturated carbocycles. The van der Waals surface area contributed by atoms with Gasteiger partial charge in [0.2, 0.25) is 0 Å². The number of nitrogens with zero attached hydrogens (tertiary/aromatic N) is 2. The van der Waals surface area contributed by atoms with Gasteiger partial charge >= 0.3 is 0 Å². The number of carbonyl (C=O) groups excluding carboxylic acids is 1. The normalized spacial score (nSPS) is 14.8. The third-order valence-corrected chi connectivity index (χ3v) is 5.35. The molecule has 0 atom stereocenters. The van der Waals surface area contributed by atoms with Crippen LogP contribution in [-0.2, 0) is 4.74 Å². The molecule has 0 spiro atoms. The van der Waals surface area contributed by atoms with E-state index >= 15 is 0 Å². The van der Waals surface area contributed by atoms with E-state index in [9.17, 15) is 4.79 Å². The summed E-state index contributed by atoms with van der Waals surface area (Å²) in [5, 5.41) is 0. The predicted molar refractivity (Wildman–Crippen MR) is 116 cm³/mol. The van der Waals surface area contributed by atoms with E-state index in [4.69, 9.17) is 10.5 Å². The third-order valence-electron chi connectivity index (χ3n) is 5.35. The number of hydrogen-bond donors (Lipinski definition) is 1. The number of aromatic nitrogens is 1. The minimum absolute atomic E-state index is 0. The molecular formula is C22H32ClN3O2. The van der Waals surface area contributed by atoms with E-state index in [0.717, 1.165) is 55.0 Å². The zero-order chi connectivity index (χ0) is 19.4. The SMILES string of the molecule is Cc1cccc(-n2c(C)cc(C(=O)N3CCC(OCCCN)CC3)c2C)c1.Cl. The summed E-state index contributed by atoms with van der Waals surface area (Å²) in [5.41, 5.74) is 10.7. The predicted octanol–water partition coefficient (Wildman–Crippen LogP) is 3.79. The van der Waals surface area contributed by atoms with Crippen molar-refractivity contribution in [2.75, 3.05) is 26.2 Å². The average Bonchev–Trinajstić information content (AvgIpc) is 2.96. The maximum absolute atomic E-state index is 13.1. The maximum atomic E-state index is 13.1. The summed E-state index contributed by atoms with van der Waals surface area (Å²) in [6.45, 7) is 9.06. The van der Waals surface area contributed by atoms with Crippen molar-refractivity contribution in [2.45, 2.75) is 46.1 Å². The van der Waals surface area contributed by atoms with Gasteiger partial charge in [-0.15, -0.1) is 12.4 Å². The lowest BCUT2D eigenvalue weighted by Crippen LogP contribution is -2.41. The molecule has 6 heteroatoms. The lowest BCUT2D eigenvalue weighted by atomic mass is 10.1. The van der Waals surface area contributed by atoms with Gasteiger partial charge in [-0.2, -0.15) is 0 Å². The second-order valence-corrected chi connectivity index (χ2v) is 7.46. The molecule has 154 valence electrons. The van der Waals surface area contributed by atoms with E-state index in [1.807, 2.05) is 17.9 Å². The van der Waals surface area contributed by atoms with Crippen molar-refractivity contribution >= 4 is 18.3 Å². The van der Waals surface area contributed by atoms with Gasteiger partial charge < -0.3 is 19.9 Å². The monoisotopic (exact) mass is 405 g/mol. The Morgan fingerprint density at radius 1 is 1.18 bits per heavy atom. The number of aryl methyl sites for hydroxylation is 2. The molecule has 1 aromatic heterocycles. The lowest BCUT2D eigenvalue weighted by molar-refractivity contribution is 0.00843. The number of benzene rings is 1. The molecule has 0 radical (unpaired) electrons. The Labute approximate surface area is 174 Å². The molecule has 5 nitrogen and oxygen atoms in total. The number of hydrogen-bond acceptors (Lipinski definition) is 3. The fourth-order valence-corrected chi connectivity index (χ4v) is 3.87. The number of ether oxygens (including phenoxy) is 1. The van der Waals surface area contributed by atoms with Crippen LogP contribution in [0.1, 0.15) is 46.6 Å². The van der Waals surface area contributed by atoms with Gasteiger partial charge in [-0.25, -0.2) is 0 Å². The van der Waals surface area contributed by atoms with Crippen LogP contribution in [0.25, 0.3) is 5.69 Å². The summed E-state index contributed by atoms with van der Waals surface area (Å²) in [7, 11) is 0. The quantitative estimate of drug-likeness (QED) is 0.743. The second kappa shape index (κ2) is 10.1. The summed E-state index contributed by atoms with van der Waals surface area (Å²) >= 11 is 0. The first-order chi connectivity index (χ1) is 13.0. The number of piperidine rings is 1. The molecule has 1 aliphatic heterocycles. The number of halogens is 1. The molecule has 1 saturated heterocycles. The van der Waals surface area contributed by atoms with E-state index < -0.39 is 0 Å². The molecule has 0 bridgehead atoms. The van der Waals surface area contributed by atoms with Gasteiger partial charge in [-0.1, -0.05) is 12.1 Å². The van der Waals surface area contributed by atoms with Crippen molar-refractivity contribution in [2.24, 2.45) is 5.73 Å². The molecule has 2 N–H and O–H groups in total. The van der Waals surface area contributed by atoms with Crippen molar-refractivity contribution in [3.05, 3.63) is 52.8 Å². The number of carbonyl (C=O) groups is 1. The Morgan fingerprint density at radius 2 is 1.89 bits per heavy atom. The molecule has 2 aromatic rings. The van der Waals surface area contributed by atoms with Gasteiger partial charge in [0.05, 0.1) is 11.7 Å². The van der Waals surface area contributed by atoms with E-state index in [1.54, 1.807) is 0 Å².